The number of rotatable bonds is 7. The second-order valence-corrected chi connectivity index (χ2v) is 8.15. The molecule has 35 heavy (non-hydrogen) atoms. The zero-order valence-corrected chi connectivity index (χ0v) is 19.2. The molecule has 6 nitrogen and oxygen atoms in total. The molecule has 0 bridgehead atoms. The Hall–Kier alpha value is -4.20. The average molecular weight is 461 g/mol. The zero-order valence-electron chi connectivity index (χ0n) is 19.2. The predicted molar refractivity (Wildman–Crippen MR) is 136 cm³/mol. The summed E-state index contributed by atoms with van der Waals surface area (Å²) < 4.78 is 7.00. The fourth-order valence-corrected chi connectivity index (χ4v) is 4.55. The molecule has 5 aromatic rings. The lowest BCUT2D eigenvalue weighted by Crippen LogP contribution is -2.39. The molecule has 0 spiro atoms. The molecule has 3 aromatic carbocycles. The Morgan fingerprint density at radius 2 is 1.26 bits per heavy atom. The number of hydrogen-bond acceptors (Lipinski definition) is 5. The molecule has 2 heterocycles. The van der Waals surface area contributed by atoms with Gasteiger partial charge in [-0.3, -0.25) is 4.68 Å². The monoisotopic (exact) mass is 461 g/mol. The Kier molecular flexibility index (Phi) is 6.18. The van der Waals surface area contributed by atoms with Crippen LogP contribution in [0.1, 0.15) is 16.7 Å². The number of ether oxygens (including phenoxy) is 1. The summed E-state index contributed by atoms with van der Waals surface area (Å²) in [5, 5.41) is 25.6. The fourth-order valence-electron chi connectivity index (χ4n) is 4.55. The second kappa shape index (κ2) is 9.58. The molecule has 0 radical (unpaired) electrons. The Morgan fingerprint density at radius 3 is 1.66 bits per heavy atom. The lowest BCUT2D eigenvalue weighted by atomic mass is 9.76. The Morgan fingerprint density at radius 1 is 0.743 bits per heavy atom. The number of nitrogens with zero attached hydrogens (tertiary/aromatic N) is 3. The van der Waals surface area contributed by atoms with Crippen molar-refractivity contribution in [2.75, 3.05) is 7.11 Å². The van der Waals surface area contributed by atoms with Crippen molar-refractivity contribution in [3.8, 4) is 17.1 Å². The average Bonchev–Trinajstić information content (AvgIpc) is 3.37. The maximum Gasteiger partial charge on any atom is 0.492 e. The number of aromatic nitrogens is 3. The first-order valence-electron chi connectivity index (χ1n) is 11.3. The van der Waals surface area contributed by atoms with Gasteiger partial charge in [0.2, 0.25) is 5.88 Å². The summed E-state index contributed by atoms with van der Waals surface area (Å²) in [6, 6.07) is 33.8. The van der Waals surface area contributed by atoms with Crippen LogP contribution >= 0.6 is 0 Å². The number of pyridine rings is 1. The normalized spacial score (nSPS) is 11.3. The molecule has 0 fully saturated rings. The van der Waals surface area contributed by atoms with Gasteiger partial charge in [-0.05, 0) is 22.8 Å². The fraction of sp³-hybridized carbons (Fsp3) is 0.0714. The minimum Gasteiger partial charge on any atom is -0.481 e. The van der Waals surface area contributed by atoms with Crippen LogP contribution in [0.3, 0.4) is 0 Å². The predicted octanol–water partition coefficient (Wildman–Crippen LogP) is 3.47. The molecule has 2 N–H and O–H groups in total. The van der Waals surface area contributed by atoms with Gasteiger partial charge in [0.15, 0.2) is 0 Å². The summed E-state index contributed by atoms with van der Waals surface area (Å²) in [7, 11) is -0.172. The Labute approximate surface area is 204 Å². The lowest BCUT2D eigenvalue weighted by Gasteiger charge is -2.36. The van der Waals surface area contributed by atoms with Crippen LogP contribution in [0.25, 0.3) is 11.3 Å². The highest BCUT2D eigenvalue weighted by molar-refractivity contribution is 6.60. The van der Waals surface area contributed by atoms with Gasteiger partial charge < -0.3 is 14.8 Å². The third-order valence-electron chi connectivity index (χ3n) is 6.16. The molecule has 0 saturated carbocycles. The van der Waals surface area contributed by atoms with E-state index in [9.17, 15) is 10.0 Å². The maximum absolute atomic E-state index is 10.3. The van der Waals surface area contributed by atoms with E-state index in [2.05, 4.69) is 41.4 Å². The van der Waals surface area contributed by atoms with E-state index in [1.54, 1.807) is 31.6 Å². The van der Waals surface area contributed by atoms with Crippen molar-refractivity contribution < 1.29 is 14.8 Å². The standard InChI is InChI=1S/C28H24BN3O3/c1-35-26-18-17-21(19-30-26)27-25(29(33)34)20-32(31-27)28(22-11-5-2-6-12-22,23-13-7-3-8-14-23)24-15-9-4-10-16-24/h2-20,33-34H,1H3. The first kappa shape index (κ1) is 22.6. The molecule has 172 valence electrons. The van der Waals surface area contributed by atoms with Crippen LogP contribution in [0.4, 0.5) is 0 Å². The smallest absolute Gasteiger partial charge is 0.481 e. The summed E-state index contributed by atoms with van der Waals surface area (Å²) in [5.74, 6) is 0.464. The summed E-state index contributed by atoms with van der Waals surface area (Å²) in [4.78, 5) is 4.29. The van der Waals surface area contributed by atoms with E-state index in [-0.39, 0.29) is 5.46 Å². The molecule has 0 unspecified atom stereocenters. The van der Waals surface area contributed by atoms with Crippen molar-refractivity contribution in [2.24, 2.45) is 0 Å². The lowest BCUT2D eigenvalue weighted by molar-refractivity contribution is 0.398. The van der Waals surface area contributed by atoms with Crippen LogP contribution in [-0.2, 0) is 5.54 Å². The molecule has 5 rings (SSSR count). The van der Waals surface area contributed by atoms with Gasteiger partial charge in [0.1, 0.15) is 5.54 Å². The van der Waals surface area contributed by atoms with E-state index in [1.165, 1.54) is 0 Å². The van der Waals surface area contributed by atoms with Crippen LogP contribution in [-0.4, -0.2) is 39.0 Å². The van der Waals surface area contributed by atoms with Crippen LogP contribution in [0.15, 0.2) is 116 Å². The SMILES string of the molecule is COc1ccc(-c2nn(C(c3ccccc3)(c3ccccc3)c3ccccc3)cc2B(O)O)cn1. The first-order valence-corrected chi connectivity index (χ1v) is 11.3. The number of benzene rings is 3. The minimum atomic E-state index is -1.72. The quantitative estimate of drug-likeness (QED) is 0.287. The van der Waals surface area contributed by atoms with Crippen molar-refractivity contribution >= 4 is 12.6 Å². The highest BCUT2D eigenvalue weighted by Crippen LogP contribution is 2.40. The second-order valence-electron chi connectivity index (χ2n) is 8.15. The van der Waals surface area contributed by atoms with Crippen molar-refractivity contribution in [3.63, 3.8) is 0 Å². The molecule has 0 saturated heterocycles. The zero-order chi connectivity index (χ0) is 24.3. The summed E-state index contributed by atoms with van der Waals surface area (Å²) in [5.41, 5.74) is 3.45. The topological polar surface area (TPSA) is 80.4 Å². The largest absolute Gasteiger partial charge is 0.492 e. The van der Waals surface area contributed by atoms with Gasteiger partial charge in [0.25, 0.3) is 0 Å². The van der Waals surface area contributed by atoms with Crippen molar-refractivity contribution in [3.05, 3.63) is 132 Å². The Balaban J connectivity index is 1.84. The van der Waals surface area contributed by atoms with Gasteiger partial charge in [-0.2, -0.15) is 5.10 Å². The first-order chi connectivity index (χ1) is 17.1. The van der Waals surface area contributed by atoms with E-state index in [0.29, 0.717) is 17.1 Å². The molecule has 0 aliphatic rings. The minimum absolute atomic E-state index is 0.282. The van der Waals surface area contributed by atoms with Crippen molar-refractivity contribution in [2.45, 2.75) is 5.54 Å². The summed E-state index contributed by atoms with van der Waals surface area (Å²) >= 11 is 0. The van der Waals surface area contributed by atoms with Crippen molar-refractivity contribution in [1.29, 1.82) is 0 Å². The van der Waals surface area contributed by atoms with Gasteiger partial charge in [0.05, 0.1) is 12.8 Å². The van der Waals surface area contributed by atoms with E-state index < -0.39 is 12.7 Å². The molecule has 0 aliphatic carbocycles. The molecular weight excluding hydrogens is 437 g/mol. The third kappa shape index (κ3) is 4.01. The van der Waals surface area contributed by atoms with Crippen LogP contribution in [0.5, 0.6) is 5.88 Å². The van der Waals surface area contributed by atoms with Crippen LogP contribution in [0, 0.1) is 0 Å². The third-order valence-corrected chi connectivity index (χ3v) is 6.16. The van der Waals surface area contributed by atoms with Gasteiger partial charge in [-0.1, -0.05) is 91.0 Å². The Bertz CT molecular complexity index is 1290. The summed E-state index contributed by atoms with van der Waals surface area (Å²) in [6.07, 6.45) is 3.32. The molecular formula is C28H24BN3O3. The molecule has 0 aliphatic heterocycles. The van der Waals surface area contributed by atoms with E-state index in [4.69, 9.17) is 9.84 Å². The number of methoxy groups -OCH3 is 1. The van der Waals surface area contributed by atoms with E-state index in [0.717, 1.165) is 16.7 Å². The van der Waals surface area contributed by atoms with Crippen molar-refractivity contribution in [1.82, 2.24) is 14.8 Å². The molecule has 2 aromatic heterocycles. The van der Waals surface area contributed by atoms with Gasteiger partial charge in [-0.25, -0.2) is 4.98 Å². The van der Waals surface area contributed by atoms with E-state index >= 15 is 0 Å². The maximum atomic E-state index is 10.3. The highest BCUT2D eigenvalue weighted by Gasteiger charge is 2.40. The van der Waals surface area contributed by atoms with Crippen LogP contribution < -0.4 is 10.2 Å². The van der Waals surface area contributed by atoms with Gasteiger partial charge in [-0.15, -0.1) is 0 Å². The van der Waals surface area contributed by atoms with Gasteiger partial charge >= 0.3 is 7.12 Å². The highest BCUT2D eigenvalue weighted by atomic mass is 16.5. The molecule has 0 amide bonds. The van der Waals surface area contributed by atoms with E-state index in [1.807, 2.05) is 59.3 Å². The summed E-state index contributed by atoms with van der Waals surface area (Å²) in [6.45, 7) is 0. The molecule has 7 heteroatoms. The van der Waals surface area contributed by atoms with Gasteiger partial charge in [0, 0.05) is 29.5 Å². The van der Waals surface area contributed by atoms with Crippen LogP contribution in [0.2, 0.25) is 0 Å². The number of hydrogen-bond donors (Lipinski definition) is 2. The molecule has 0 atom stereocenters.